The number of nitrogens with zero attached hydrogens (tertiary/aromatic N) is 3. The Labute approximate surface area is 129 Å². The number of nitro groups is 1. The third-order valence-corrected chi connectivity index (χ3v) is 4.59. The monoisotopic (exact) mass is 355 g/mol. The fourth-order valence-corrected chi connectivity index (χ4v) is 3.16. The number of thiazole rings is 1. The summed E-state index contributed by atoms with van der Waals surface area (Å²) >= 11 is 4.92. The molecule has 0 fully saturated rings. The molecule has 0 radical (unpaired) electrons. The third kappa shape index (κ3) is 3.16. The Hall–Kier alpha value is -1.47. The van der Waals surface area contributed by atoms with Gasteiger partial charge in [0.05, 0.1) is 22.7 Å². The van der Waals surface area contributed by atoms with E-state index in [1.54, 1.807) is 23.5 Å². The molecule has 2 aromatic rings. The molecule has 5 nitrogen and oxygen atoms in total. The molecule has 0 spiro atoms. The Bertz CT molecular complexity index is 630. The number of benzene rings is 1. The maximum Gasteiger partial charge on any atom is 0.273 e. The Morgan fingerprint density at radius 2 is 2.25 bits per heavy atom. The Kier molecular flexibility index (Phi) is 4.72. The molecule has 0 N–H and O–H groups in total. The zero-order valence-corrected chi connectivity index (χ0v) is 13.6. The van der Waals surface area contributed by atoms with Crippen molar-refractivity contribution in [2.45, 2.75) is 18.8 Å². The summed E-state index contributed by atoms with van der Waals surface area (Å²) in [6, 6.07) is 5.19. The molecular weight excluding hydrogens is 342 g/mol. The number of aryl methyl sites for hydroxylation is 1. The molecule has 0 aliphatic heterocycles. The third-order valence-electron chi connectivity index (χ3n) is 3.07. The van der Waals surface area contributed by atoms with Crippen molar-refractivity contribution in [1.29, 1.82) is 0 Å². The maximum absolute atomic E-state index is 10.9. The molecule has 2 rings (SSSR count). The van der Waals surface area contributed by atoms with E-state index in [1.165, 1.54) is 4.88 Å². The number of nitro benzene ring substituents is 1. The molecule has 0 bridgehead atoms. The van der Waals surface area contributed by atoms with E-state index in [0.29, 0.717) is 10.9 Å². The highest BCUT2D eigenvalue weighted by molar-refractivity contribution is 9.08. The lowest BCUT2D eigenvalue weighted by atomic mass is 10.1. The van der Waals surface area contributed by atoms with Gasteiger partial charge in [-0.2, -0.15) is 0 Å². The molecular formula is C13H14BrN3O2S. The van der Waals surface area contributed by atoms with Crippen LogP contribution in [-0.4, -0.2) is 17.0 Å². The van der Waals surface area contributed by atoms with Gasteiger partial charge in [-0.15, -0.1) is 11.3 Å². The van der Waals surface area contributed by atoms with Gasteiger partial charge in [-0.05, 0) is 19.1 Å². The van der Waals surface area contributed by atoms with Crippen LogP contribution in [0.25, 0.3) is 0 Å². The molecule has 7 heteroatoms. The highest BCUT2D eigenvalue weighted by Gasteiger charge is 2.15. The smallest absolute Gasteiger partial charge is 0.273 e. The zero-order valence-electron chi connectivity index (χ0n) is 11.2. The minimum absolute atomic E-state index is 0.146. The molecule has 0 unspecified atom stereocenters. The van der Waals surface area contributed by atoms with Crippen LogP contribution in [0.4, 0.5) is 11.4 Å². The SMILES string of the molecule is Cc1ncsc1CN(C)c1ccc([N+](=O)[O-])c(CBr)c1. The Morgan fingerprint density at radius 3 is 2.80 bits per heavy atom. The van der Waals surface area contributed by atoms with Crippen LogP contribution in [0.5, 0.6) is 0 Å². The van der Waals surface area contributed by atoms with E-state index in [4.69, 9.17) is 0 Å². The zero-order chi connectivity index (χ0) is 14.7. The number of aromatic nitrogens is 1. The molecule has 1 heterocycles. The van der Waals surface area contributed by atoms with E-state index in [9.17, 15) is 10.1 Å². The van der Waals surface area contributed by atoms with Crippen molar-refractivity contribution in [3.63, 3.8) is 0 Å². The summed E-state index contributed by atoms with van der Waals surface area (Å²) in [4.78, 5) is 18.1. The quantitative estimate of drug-likeness (QED) is 0.463. The van der Waals surface area contributed by atoms with Crippen molar-refractivity contribution in [2.24, 2.45) is 0 Å². The Balaban J connectivity index is 2.24. The van der Waals surface area contributed by atoms with Crippen molar-refractivity contribution >= 4 is 38.6 Å². The van der Waals surface area contributed by atoms with Crippen molar-refractivity contribution in [3.05, 3.63) is 50.0 Å². The van der Waals surface area contributed by atoms with Crippen LogP contribution < -0.4 is 4.90 Å². The second-order valence-electron chi connectivity index (χ2n) is 4.42. The molecule has 0 aliphatic rings. The summed E-state index contributed by atoms with van der Waals surface area (Å²) in [5.41, 5.74) is 4.65. The number of alkyl halides is 1. The second kappa shape index (κ2) is 6.32. The van der Waals surface area contributed by atoms with Crippen LogP contribution in [0.15, 0.2) is 23.7 Å². The minimum atomic E-state index is -0.353. The summed E-state index contributed by atoms with van der Waals surface area (Å²) in [5.74, 6) is 0. The molecule has 0 atom stereocenters. The summed E-state index contributed by atoms with van der Waals surface area (Å²) < 4.78 is 0. The topological polar surface area (TPSA) is 59.3 Å². The lowest BCUT2D eigenvalue weighted by molar-refractivity contribution is -0.385. The van der Waals surface area contributed by atoms with Gasteiger partial charge in [-0.25, -0.2) is 4.98 Å². The van der Waals surface area contributed by atoms with Crippen LogP contribution >= 0.6 is 27.3 Å². The highest BCUT2D eigenvalue weighted by atomic mass is 79.9. The second-order valence-corrected chi connectivity index (χ2v) is 5.92. The van der Waals surface area contributed by atoms with Gasteiger partial charge >= 0.3 is 0 Å². The van der Waals surface area contributed by atoms with Crippen molar-refractivity contribution < 1.29 is 4.92 Å². The lowest BCUT2D eigenvalue weighted by Crippen LogP contribution is -2.16. The van der Waals surface area contributed by atoms with Crippen molar-refractivity contribution in [1.82, 2.24) is 4.98 Å². The highest BCUT2D eigenvalue weighted by Crippen LogP contribution is 2.27. The van der Waals surface area contributed by atoms with Crippen molar-refractivity contribution in [2.75, 3.05) is 11.9 Å². The summed E-state index contributed by atoms with van der Waals surface area (Å²) in [6.45, 7) is 2.73. The summed E-state index contributed by atoms with van der Waals surface area (Å²) in [6.07, 6.45) is 0. The predicted molar refractivity (Wildman–Crippen MR) is 84.7 cm³/mol. The summed E-state index contributed by atoms with van der Waals surface area (Å²) in [5, 5.41) is 11.4. The van der Waals surface area contributed by atoms with Gasteiger partial charge in [-0.1, -0.05) is 15.9 Å². The average Bonchev–Trinajstić information content (AvgIpc) is 2.83. The Morgan fingerprint density at radius 1 is 1.50 bits per heavy atom. The lowest BCUT2D eigenvalue weighted by Gasteiger charge is -2.19. The molecule has 0 saturated carbocycles. The minimum Gasteiger partial charge on any atom is -0.369 e. The van der Waals surface area contributed by atoms with E-state index in [1.807, 2.05) is 25.5 Å². The number of hydrogen-bond acceptors (Lipinski definition) is 5. The standard InChI is InChI=1S/C13H14BrN3O2S/c1-9-13(20-8-15-9)7-16(2)11-3-4-12(17(18)19)10(5-11)6-14/h3-5,8H,6-7H2,1-2H3. The van der Waals surface area contributed by atoms with Gasteiger partial charge in [0.2, 0.25) is 0 Å². The van der Waals surface area contributed by atoms with Gasteiger partial charge in [0.1, 0.15) is 0 Å². The molecule has 20 heavy (non-hydrogen) atoms. The number of halogens is 1. The largest absolute Gasteiger partial charge is 0.369 e. The maximum atomic E-state index is 10.9. The molecule has 1 aromatic carbocycles. The first-order valence-electron chi connectivity index (χ1n) is 5.96. The van der Waals surface area contributed by atoms with Crippen LogP contribution in [0.1, 0.15) is 16.1 Å². The normalized spacial score (nSPS) is 10.6. The number of rotatable bonds is 5. The van der Waals surface area contributed by atoms with Gasteiger partial charge < -0.3 is 4.90 Å². The first-order valence-corrected chi connectivity index (χ1v) is 7.96. The average molecular weight is 356 g/mol. The predicted octanol–water partition coefficient (Wildman–Crippen LogP) is 3.89. The van der Waals surface area contributed by atoms with Gasteiger partial charge in [0.25, 0.3) is 5.69 Å². The first kappa shape index (κ1) is 14.9. The number of anilines is 1. The fourth-order valence-electron chi connectivity index (χ4n) is 1.88. The van der Waals surface area contributed by atoms with Crippen LogP contribution in [-0.2, 0) is 11.9 Å². The van der Waals surface area contributed by atoms with E-state index in [0.717, 1.165) is 17.9 Å². The van der Waals surface area contributed by atoms with Gasteiger partial charge in [0.15, 0.2) is 0 Å². The molecule has 106 valence electrons. The van der Waals surface area contributed by atoms with Gasteiger partial charge in [-0.3, -0.25) is 10.1 Å². The van der Waals surface area contributed by atoms with Crippen LogP contribution in [0, 0.1) is 17.0 Å². The molecule has 1 aromatic heterocycles. The fraction of sp³-hybridized carbons (Fsp3) is 0.308. The van der Waals surface area contributed by atoms with Crippen molar-refractivity contribution in [3.8, 4) is 0 Å². The first-order chi connectivity index (χ1) is 9.52. The van der Waals surface area contributed by atoms with E-state index >= 15 is 0 Å². The molecule has 0 saturated heterocycles. The number of hydrogen-bond donors (Lipinski definition) is 0. The molecule has 0 amide bonds. The van der Waals surface area contributed by atoms with E-state index in [2.05, 4.69) is 25.8 Å². The van der Waals surface area contributed by atoms with E-state index in [-0.39, 0.29) is 10.6 Å². The molecule has 0 aliphatic carbocycles. The van der Waals surface area contributed by atoms with Crippen LogP contribution in [0.2, 0.25) is 0 Å². The van der Waals surface area contributed by atoms with E-state index < -0.39 is 0 Å². The summed E-state index contributed by atoms with van der Waals surface area (Å²) in [7, 11) is 1.97. The van der Waals surface area contributed by atoms with Gasteiger partial charge in [0, 0.05) is 34.6 Å². The van der Waals surface area contributed by atoms with Crippen LogP contribution in [0.3, 0.4) is 0 Å².